The molecule has 1 aromatic carbocycles. The summed E-state index contributed by atoms with van der Waals surface area (Å²) in [5, 5.41) is 7.21. The topological polar surface area (TPSA) is 64.0 Å². The van der Waals surface area contributed by atoms with Crippen LogP contribution in [-0.2, 0) is 4.79 Å². The number of hydrogen-bond acceptors (Lipinski definition) is 3. The van der Waals surface area contributed by atoms with Crippen LogP contribution in [0.3, 0.4) is 0 Å². The van der Waals surface area contributed by atoms with Crippen molar-refractivity contribution in [2.24, 2.45) is 0 Å². The molecule has 23 heavy (non-hydrogen) atoms. The van der Waals surface area contributed by atoms with E-state index in [0.717, 1.165) is 18.7 Å². The lowest BCUT2D eigenvalue weighted by molar-refractivity contribution is -0.116. The van der Waals surface area contributed by atoms with E-state index in [1.807, 2.05) is 28.9 Å². The normalized spacial score (nSPS) is 14.8. The third-order valence-electron chi connectivity index (χ3n) is 4.28. The molecule has 3 rings (SSSR count). The number of hydrogen-bond donors (Lipinski definition) is 1. The number of anilines is 1. The predicted molar refractivity (Wildman–Crippen MR) is 88.4 cm³/mol. The molecule has 0 atom stereocenters. The number of nitrogens with one attached hydrogen (secondary N) is 1. The lowest BCUT2D eigenvalue weighted by atomic mass is 10.1. The van der Waals surface area contributed by atoms with Crippen LogP contribution < -0.4 is 5.32 Å². The van der Waals surface area contributed by atoms with Crippen LogP contribution in [-0.4, -0.2) is 21.5 Å². The Labute approximate surface area is 135 Å². The van der Waals surface area contributed by atoms with Crippen LogP contribution in [0, 0.1) is 0 Å². The monoisotopic (exact) mass is 311 g/mol. The van der Waals surface area contributed by atoms with Crippen LogP contribution in [0.5, 0.6) is 0 Å². The summed E-state index contributed by atoms with van der Waals surface area (Å²) in [6.07, 6.45) is 6.75. The van der Waals surface area contributed by atoms with E-state index in [0.29, 0.717) is 11.6 Å². The average Bonchev–Trinajstić information content (AvgIpc) is 3.24. The van der Waals surface area contributed by atoms with Crippen molar-refractivity contribution in [1.82, 2.24) is 9.78 Å². The summed E-state index contributed by atoms with van der Waals surface area (Å²) in [5.41, 5.74) is 0.649. The fraction of sp³-hybridized carbons (Fsp3) is 0.389. The van der Waals surface area contributed by atoms with Crippen molar-refractivity contribution in [2.45, 2.75) is 44.6 Å². The lowest BCUT2D eigenvalue weighted by Crippen LogP contribution is -2.18. The zero-order chi connectivity index (χ0) is 16.1. The molecule has 1 aromatic heterocycles. The number of ketones is 1. The molecule has 1 aliphatic carbocycles. The number of nitrogens with zero attached hydrogens (tertiary/aromatic N) is 2. The van der Waals surface area contributed by atoms with Gasteiger partial charge in [-0.15, -0.1) is 0 Å². The largest absolute Gasteiger partial charge is 0.311 e. The summed E-state index contributed by atoms with van der Waals surface area (Å²) in [6, 6.07) is 11.3. The van der Waals surface area contributed by atoms with Crippen LogP contribution in [0.15, 0.2) is 42.6 Å². The molecule has 0 aliphatic heterocycles. The van der Waals surface area contributed by atoms with Crippen LogP contribution >= 0.6 is 0 Å². The first-order chi connectivity index (χ1) is 11.2. The summed E-state index contributed by atoms with van der Waals surface area (Å²) in [4.78, 5) is 24.1. The third-order valence-corrected chi connectivity index (χ3v) is 4.28. The minimum atomic E-state index is -0.144. The molecular formula is C18H21N3O2. The maximum atomic E-state index is 12.1. The molecule has 1 N–H and O–H groups in total. The van der Waals surface area contributed by atoms with Gasteiger partial charge in [-0.1, -0.05) is 43.2 Å². The average molecular weight is 311 g/mol. The summed E-state index contributed by atoms with van der Waals surface area (Å²) >= 11 is 0. The molecule has 2 aromatic rings. The highest BCUT2D eigenvalue weighted by Gasteiger charge is 2.20. The van der Waals surface area contributed by atoms with E-state index >= 15 is 0 Å². The van der Waals surface area contributed by atoms with E-state index in [1.54, 1.807) is 18.3 Å². The second-order valence-corrected chi connectivity index (χ2v) is 5.94. The van der Waals surface area contributed by atoms with Crippen molar-refractivity contribution in [2.75, 3.05) is 5.32 Å². The first-order valence-corrected chi connectivity index (χ1v) is 8.15. The van der Waals surface area contributed by atoms with Gasteiger partial charge in [0.1, 0.15) is 5.82 Å². The first kappa shape index (κ1) is 15.5. The van der Waals surface area contributed by atoms with Gasteiger partial charge in [-0.2, -0.15) is 5.10 Å². The van der Waals surface area contributed by atoms with Gasteiger partial charge in [-0.3, -0.25) is 9.59 Å². The number of carbonyl (C=O) groups is 2. The maximum absolute atomic E-state index is 12.1. The van der Waals surface area contributed by atoms with Gasteiger partial charge in [0.05, 0.1) is 12.2 Å². The second-order valence-electron chi connectivity index (χ2n) is 5.94. The summed E-state index contributed by atoms with van der Waals surface area (Å²) in [7, 11) is 0. The SMILES string of the molecule is O=C(CCC(=O)c1ccccc1)Nc1ccnn1C1CCCC1. The summed E-state index contributed by atoms with van der Waals surface area (Å²) in [6.45, 7) is 0. The summed E-state index contributed by atoms with van der Waals surface area (Å²) in [5.74, 6) is 0.577. The number of benzene rings is 1. The molecule has 120 valence electrons. The Hall–Kier alpha value is -2.43. The first-order valence-electron chi connectivity index (χ1n) is 8.15. The maximum Gasteiger partial charge on any atom is 0.225 e. The van der Waals surface area contributed by atoms with Crippen molar-refractivity contribution in [3.63, 3.8) is 0 Å². The number of carbonyl (C=O) groups excluding carboxylic acids is 2. The van der Waals surface area contributed by atoms with Gasteiger partial charge in [0, 0.05) is 24.5 Å². The van der Waals surface area contributed by atoms with Gasteiger partial charge in [0.15, 0.2) is 5.78 Å². The molecule has 1 aliphatic rings. The Morgan fingerprint density at radius 1 is 1.09 bits per heavy atom. The van der Waals surface area contributed by atoms with Crippen molar-refractivity contribution >= 4 is 17.5 Å². The van der Waals surface area contributed by atoms with Crippen LogP contribution in [0.25, 0.3) is 0 Å². The molecule has 0 unspecified atom stereocenters. The standard InChI is InChI=1S/C18H21N3O2/c22-16(14-6-2-1-3-7-14)10-11-18(23)20-17-12-13-19-21(17)15-8-4-5-9-15/h1-3,6-7,12-13,15H,4-5,8-11H2,(H,20,23). The highest BCUT2D eigenvalue weighted by atomic mass is 16.2. The van der Waals surface area contributed by atoms with Gasteiger partial charge in [0.25, 0.3) is 0 Å². The quantitative estimate of drug-likeness (QED) is 0.829. The van der Waals surface area contributed by atoms with E-state index in [4.69, 9.17) is 0 Å². The zero-order valence-electron chi connectivity index (χ0n) is 13.1. The number of rotatable bonds is 6. The highest BCUT2D eigenvalue weighted by molar-refractivity contribution is 5.99. The molecule has 0 bridgehead atoms. The van der Waals surface area contributed by atoms with E-state index in [1.165, 1.54) is 12.8 Å². The third kappa shape index (κ3) is 3.86. The van der Waals surface area contributed by atoms with E-state index in [9.17, 15) is 9.59 Å². The van der Waals surface area contributed by atoms with Crippen LogP contribution in [0.4, 0.5) is 5.82 Å². The van der Waals surface area contributed by atoms with Gasteiger partial charge >= 0.3 is 0 Å². The molecular weight excluding hydrogens is 290 g/mol. The smallest absolute Gasteiger partial charge is 0.225 e. The Balaban J connectivity index is 1.54. The molecule has 1 fully saturated rings. The zero-order valence-corrected chi connectivity index (χ0v) is 13.1. The van der Waals surface area contributed by atoms with Gasteiger partial charge < -0.3 is 5.32 Å². The van der Waals surface area contributed by atoms with Crippen molar-refractivity contribution < 1.29 is 9.59 Å². The predicted octanol–water partition coefficient (Wildman–Crippen LogP) is 3.60. The summed E-state index contributed by atoms with van der Waals surface area (Å²) < 4.78 is 1.91. The lowest BCUT2D eigenvalue weighted by Gasteiger charge is -2.14. The highest BCUT2D eigenvalue weighted by Crippen LogP contribution is 2.31. The molecule has 1 amide bonds. The Kier molecular flexibility index (Phi) is 4.86. The number of aromatic nitrogens is 2. The molecule has 0 spiro atoms. The molecule has 1 saturated carbocycles. The molecule has 1 heterocycles. The molecule has 5 heteroatoms. The van der Waals surface area contributed by atoms with Crippen LogP contribution in [0.2, 0.25) is 0 Å². The van der Waals surface area contributed by atoms with Gasteiger partial charge in [-0.25, -0.2) is 4.68 Å². The van der Waals surface area contributed by atoms with Gasteiger partial charge in [-0.05, 0) is 12.8 Å². The van der Waals surface area contributed by atoms with Crippen molar-refractivity contribution in [3.8, 4) is 0 Å². The molecule has 0 radical (unpaired) electrons. The Morgan fingerprint density at radius 3 is 2.57 bits per heavy atom. The number of Topliss-reactive ketones (excluding diaryl/α,β-unsaturated/α-hetero) is 1. The van der Waals surface area contributed by atoms with Gasteiger partial charge in [0.2, 0.25) is 5.91 Å². The van der Waals surface area contributed by atoms with E-state index in [2.05, 4.69) is 10.4 Å². The fourth-order valence-electron chi connectivity index (χ4n) is 3.05. The van der Waals surface area contributed by atoms with Crippen LogP contribution in [0.1, 0.15) is 54.9 Å². The molecule has 0 saturated heterocycles. The minimum absolute atomic E-state index is 0.00921. The Morgan fingerprint density at radius 2 is 1.83 bits per heavy atom. The van der Waals surface area contributed by atoms with Crippen molar-refractivity contribution in [3.05, 3.63) is 48.2 Å². The van der Waals surface area contributed by atoms with Crippen molar-refractivity contribution in [1.29, 1.82) is 0 Å². The second kappa shape index (κ2) is 7.22. The van der Waals surface area contributed by atoms with E-state index in [-0.39, 0.29) is 24.5 Å². The number of amides is 1. The Bertz CT molecular complexity index is 673. The minimum Gasteiger partial charge on any atom is -0.311 e. The molecule has 5 nitrogen and oxygen atoms in total. The van der Waals surface area contributed by atoms with E-state index < -0.39 is 0 Å². The fourth-order valence-corrected chi connectivity index (χ4v) is 3.05.